The zero-order valence-corrected chi connectivity index (χ0v) is 15.1. The summed E-state index contributed by atoms with van der Waals surface area (Å²) < 4.78 is 1.81. The summed E-state index contributed by atoms with van der Waals surface area (Å²) in [7, 11) is 1.83. The molecule has 1 atom stereocenters. The third-order valence-corrected chi connectivity index (χ3v) is 4.82. The maximum absolute atomic E-state index is 12.6. The fourth-order valence-electron chi connectivity index (χ4n) is 2.49. The number of amides is 1. The first-order valence-corrected chi connectivity index (χ1v) is 8.93. The van der Waals surface area contributed by atoms with Crippen molar-refractivity contribution in [2.75, 3.05) is 7.05 Å². The Hall–Kier alpha value is -2.60. The van der Waals surface area contributed by atoms with E-state index in [0.29, 0.717) is 6.54 Å². The van der Waals surface area contributed by atoms with E-state index in [-0.39, 0.29) is 11.2 Å². The fourth-order valence-corrected chi connectivity index (χ4v) is 3.41. The number of nitrogens with zero attached hydrogens (tertiary/aromatic N) is 4. The van der Waals surface area contributed by atoms with E-state index in [1.807, 2.05) is 73.4 Å². The smallest absolute Gasteiger partial charge is 0.235 e. The summed E-state index contributed by atoms with van der Waals surface area (Å²) >= 11 is 1.48. The summed E-state index contributed by atoms with van der Waals surface area (Å²) in [4.78, 5) is 18.6. The minimum absolute atomic E-state index is 0.0896. The Kier molecular flexibility index (Phi) is 5.50. The Balaban J connectivity index is 1.59. The van der Waals surface area contributed by atoms with Crippen LogP contribution in [0.1, 0.15) is 12.5 Å². The number of benzene rings is 1. The number of hydrogen-bond donors (Lipinski definition) is 0. The predicted molar refractivity (Wildman–Crippen MR) is 99.6 cm³/mol. The quantitative estimate of drug-likeness (QED) is 0.638. The zero-order chi connectivity index (χ0) is 17.6. The molecule has 1 amide bonds. The van der Waals surface area contributed by atoms with E-state index in [2.05, 4.69) is 10.1 Å². The third-order valence-electron chi connectivity index (χ3n) is 3.78. The monoisotopic (exact) mass is 352 g/mol. The Morgan fingerprint density at radius 3 is 2.60 bits per heavy atom. The second-order valence-electron chi connectivity index (χ2n) is 5.74. The van der Waals surface area contributed by atoms with Gasteiger partial charge in [0.25, 0.3) is 0 Å². The van der Waals surface area contributed by atoms with Gasteiger partial charge in [-0.15, -0.1) is 0 Å². The molecule has 0 bridgehead atoms. The van der Waals surface area contributed by atoms with Crippen molar-refractivity contribution in [3.05, 3.63) is 72.7 Å². The van der Waals surface area contributed by atoms with Crippen molar-refractivity contribution < 1.29 is 4.79 Å². The number of hydrogen-bond acceptors (Lipinski definition) is 4. The van der Waals surface area contributed by atoms with Gasteiger partial charge in [-0.25, -0.2) is 9.67 Å². The number of pyridine rings is 1. The maximum Gasteiger partial charge on any atom is 0.235 e. The zero-order valence-electron chi connectivity index (χ0n) is 14.2. The second-order valence-corrected chi connectivity index (χ2v) is 7.10. The Labute approximate surface area is 151 Å². The standard InChI is InChI=1S/C19H20N4OS/c1-15(25-18-6-3-4-11-20-18)19(24)22(2)14-16-7-9-17(10-8-16)23-13-5-12-21-23/h3-13,15H,14H2,1-2H3/t15-/m1/s1. The molecule has 6 heteroatoms. The van der Waals surface area contributed by atoms with Gasteiger partial charge in [0.1, 0.15) is 0 Å². The lowest BCUT2D eigenvalue weighted by Gasteiger charge is -2.21. The molecule has 2 heterocycles. The molecular formula is C19H20N4OS. The van der Waals surface area contributed by atoms with Crippen LogP contribution in [-0.2, 0) is 11.3 Å². The van der Waals surface area contributed by atoms with Gasteiger partial charge < -0.3 is 4.90 Å². The van der Waals surface area contributed by atoms with Crippen molar-refractivity contribution in [1.29, 1.82) is 0 Å². The fraction of sp³-hybridized carbons (Fsp3) is 0.211. The number of carbonyl (C=O) groups is 1. The highest BCUT2D eigenvalue weighted by atomic mass is 32.2. The molecule has 1 aromatic carbocycles. The van der Waals surface area contributed by atoms with Crippen LogP contribution in [0.4, 0.5) is 0 Å². The molecule has 0 unspecified atom stereocenters. The van der Waals surface area contributed by atoms with Crippen LogP contribution < -0.4 is 0 Å². The molecule has 3 aromatic rings. The van der Waals surface area contributed by atoms with Gasteiger partial charge in [-0.2, -0.15) is 5.10 Å². The first-order chi connectivity index (χ1) is 12.1. The highest BCUT2D eigenvalue weighted by molar-refractivity contribution is 8.00. The molecule has 0 fully saturated rings. The highest BCUT2D eigenvalue weighted by Gasteiger charge is 2.19. The number of carbonyl (C=O) groups excluding carboxylic acids is 1. The number of aromatic nitrogens is 3. The molecule has 0 N–H and O–H groups in total. The van der Waals surface area contributed by atoms with E-state index in [1.54, 1.807) is 17.3 Å². The van der Waals surface area contributed by atoms with Crippen molar-refractivity contribution in [1.82, 2.24) is 19.7 Å². The minimum atomic E-state index is -0.178. The summed E-state index contributed by atoms with van der Waals surface area (Å²) in [5.41, 5.74) is 2.09. The van der Waals surface area contributed by atoms with Gasteiger partial charge in [-0.05, 0) is 42.8 Å². The SMILES string of the molecule is C[C@@H](Sc1ccccn1)C(=O)N(C)Cc1ccc(-n2cccn2)cc1. The van der Waals surface area contributed by atoms with Crippen LogP contribution in [0.3, 0.4) is 0 Å². The molecule has 0 aliphatic heterocycles. The molecule has 0 saturated heterocycles. The minimum Gasteiger partial charge on any atom is -0.340 e. The first kappa shape index (κ1) is 17.2. The molecule has 3 rings (SSSR count). The lowest BCUT2D eigenvalue weighted by atomic mass is 10.2. The van der Waals surface area contributed by atoms with Crippen molar-refractivity contribution in [2.45, 2.75) is 23.7 Å². The summed E-state index contributed by atoms with van der Waals surface area (Å²) in [6.45, 7) is 2.49. The van der Waals surface area contributed by atoms with Crippen molar-refractivity contribution in [3.8, 4) is 5.69 Å². The normalized spacial score (nSPS) is 11.9. The Morgan fingerprint density at radius 2 is 1.96 bits per heavy atom. The van der Waals surface area contributed by atoms with E-state index >= 15 is 0 Å². The third kappa shape index (κ3) is 4.48. The van der Waals surface area contributed by atoms with Gasteiger partial charge in [0.05, 0.1) is 16.0 Å². The maximum atomic E-state index is 12.6. The second kappa shape index (κ2) is 7.98. The van der Waals surface area contributed by atoms with Gasteiger partial charge in [0, 0.05) is 32.2 Å². The lowest BCUT2D eigenvalue weighted by Crippen LogP contribution is -2.32. The molecule has 25 heavy (non-hydrogen) atoms. The van der Waals surface area contributed by atoms with Gasteiger partial charge in [-0.1, -0.05) is 30.0 Å². The van der Waals surface area contributed by atoms with Crippen LogP contribution in [0, 0.1) is 0 Å². The molecule has 0 saturated carbocycles. The summed E-state index contributed by atoms with van der Waals surface area (Å²) in [6, 6.07) is 15.7. The van der Waals surface area contributed by atoms with Crippen LogP contribution in [0.15, 0.2) is 72.1 Å². The van der Waals surface area contributed by atoms with Crippen molar-refractivity contribution >= 4 is 17.7 Å². The molecule has 0 radical (unpaired) electrons. The van der Waals surface area contributed by atoms with Crippen molar-refractivity contribution in [2.24, 2.45) is 0 Å². The van der Waals surface area contributed by atoms with Crippen LogP contribution in [0.5, 0.6) is 0 Å². The molecular weight excluding hydrogens is 332 g/mol. The summed E-state index contributed by atoms with van der Waals surface area (Å²) in [5, 5.41) is 4.90. The molecule has 0 aliphatic carbocycles. The molecule has 5 nitrogen and oxygen atoms in total. The summed E-state index contributed by atoms with van der Waals surface area (Å²) in [5.74, 6) is 0.0896. The molecule has 128 valence electrons. The van der Waals surface area contributed by atoms with Crippen molar-refractivity contribution in [3.63, 3.8) is 0 Å². The average Bonchev–Trinajstić information content (AvgIpc) is 3.17. The first-order valence-electron chi connectivity index (χ1n) is 8.05. The largest absolute Gasteiger partial charge is 0.340 e. The molecule has 2 aromatic heterocycles. The highest BCUT2D eigenvalue weighted by Crippen LogP contribution is 2.22. The lowest BCUT2D eigenvalue weighted by molar-refractivity contribution is -0.129. The van der Waals surface area contributed by atoms with Gasteiger partial charge in [-0.3, -0.25) is 4.79 Å². The van der Waals surface area contributed by atoms with Gasteiger partial charge in [0.2, 0.25) is 5.91 Å². The Bertz CT molecular complexity index is 803. The van der Waals surface area contributed by atoms with Crippen LogP contribution in [0.25, 0.3) is 5.69 Å². The van der Waals surface area contributed by atoms with Crippen LogP contribution >= 0.6 is 11.8 Å². The summed E-state index contributed by atoms with van der Waals surface area (Å²) in [6.07, 6.45) is 5.40. The van der Waals surface area contributed by atoms with E-state index in [0.717, 1.165) is 16.3 Å². The van der Waals surface area contributed by atoms with Crippen LogP contribution in [-0.4, -0.2) is 37.9 Å². The van der Waals surface area contributed by atoms with E-state index < -0.39 is 0 Å². The van der Waals surface area contributed by atoms with E-state index in [9.17, 15) is 4.79 Å². The topological polar surface area (TPSA) is 51.0 Å². The molecule has 0 spiro atoms. The average molecular weight is 352 g/mol. The molecule has 0 aliphatic rings. The Morgan fingerprint density at radius 1 is 1.16 bits per heavy atom. The number of rotatable bonds is 6. The van der Waals surface area contributed by atoms with Gasteiger partial charge in [0.15, 0.2) is 0 Å². The van der Waals surface area contributed by atoms with E-state index in [1.165, 1.54) is 11.8 Å². The van der Waals surface area contributed by atoms with Crippen LogP contribution in [0.2, 0.25) is 0 Å². The van der Waals surface area contributed by atoms with Gasteiger partial charge >= 0.3 is 0 Å². The number of thioether (sulfide) groups is 1. The predicted octanol–water partition coefficient (Wildman–Crippen LogP) is 3.41. The van der Waals surface area contributed by atoms with E-state index in [4.69, 9.17) is 0 Å².